The predicted molar refractivity (Wildman–Crippen MR) is 113 cm³/mol. The van der Waals surface area contributed by atoms with E-state index in [-0.39, 0.29) is 5.91 Å². The van der Waals surface area contributed by atoms with Crippen LogP contribution in [0.15, 0.2) is 48.5 Å². The van der Waals surface area contributed by atoms with Gasteiger partial charge in [-0.05, 0) is 49.2 Å². The second kappa shape index (κ2) is 10.2. The van der Waals surface area contributed by atoms with Crippen LogP contribution >= 0.6 is 11.6 Å². The number of carbonyl (C=O) groups is 1. The van der Waals surface area contributed by atoms with E-state index in [4.69, 9.17) is 21.3 Å². The lowest BCUT2D eigenvalue weighted by molar-refractivity contribution is 0.0953. The maximum absolute atomic E-state index is 12.1. The SMILES string of the molecule is COCCn1c(CCCCCNC(=O)c2ccc(Cl)cc2)nc2ccccc21. The molecule has 0 fully saturated rings. The summed E-state index contributed by atoms with van der Waals surface area (Å²) in [6, 6.07) is 15.1. The van der Waals surface area contributed by atoms with Gasteiger partial charge in [0, 0.05) is 37.2 Å². The van der Waals surface area contributed by atoms with E-state index in [9.17, 15) is 4.79 Å². The summed E-state index contributed by atoms with van der Waals surface area (Å²) in [7, 11) is 1.72. The Hall–Kier alpha value is -2.37. The molecule has 3 aromatic rings. The maximum atomic E-state index is 12.1. The molecule has 1 heterocycles. The Labute approximate surface area is 170 Å². The van der Waals surface area contributed by atoms with Gasteiger partial charge in [0.15, 0.2) is 0 Å². The highest BCUT2D eigenvalue weighted by Gasteiger charge is 2.10. The molecular weight excluding hydrogens is 374 g/mol. The molecule has 28 heavy (non-hydrogen) atoms. The lowest BCUT2D eigenvalue weighted by Gasteiger charge is -2.09. The Bertz CT molecular complexity index is 906. The van der Waals surface area contributed by atoms with Gasteiger partial charge in [0.25, 0.3) is 5.91 Å². The number of hydrogen-bond donors (Lipinski definition) is 1. The Balaban J connectivity index is 1.45. The molecule has 1 aromatic heterocycles. The molecule has 1 amide bonds. The van der Waals surface area contributed by atoms with Gasteiger partial charge in [-0.25, -0.2) is 4.98 Å². The van der Waals surface area contributed by atoms with Gasteiger partial charge in [-0.15, -0.1) is 0 Å². The quantitative estimate of drug-likeness (QED) is 0.511. The molecule has 6 heteroatoms. The van der Waals surface area contributed by atoms with Crippen LogP contribution in [0.4, 0.5) is 0 Å². The first-order valence-electron chi connectivity index (χ1n) is 9.66. The summed E-state index contributed by atoms with van der Waals surface area (Å²) in [4.78, 5) is 16.9. The van der Waals surface area contributed by atoms with Crippen LogP contribution in [0.3, 0.4) is 0 Å². The van der Waals surface area contributed by atoms with Crippen molar-refractivity contribution in [2.75, 3.05) is 20.3 Å². The van der Waals surface area contributed by atoms with E-state index in [1.807, 2.05) is 12.1 Å². The zero-order valence-corrected chi connectivity index (χ0v) is 16.9. The highest BCUT2D eigenvalue weighted by atomic mass is 35.5. The Morgan fingerprint density at radius 1 is 1.11 bits per heavy atom. The third kappa shape index (κ3) is 5.33. The van der Waals surface area contributed by atoms with E-state index in [1.54, 1.807) is 31.4 Å². The number of hydrogen-bond acceptors (Lipinski definition) is 3. The fourth-order valence-corrected chi connectivity index (χ4v) is 3.36. The van der Waals surface area contributed by atoms with Crippen molar-refractivity contribution in [2.45, 2.75) is 32.2 Å². The van der Waals surface area contributed by atoms with E-state index in [0.29, 0.717) is 23.7 Å². The molecule has 5 nitrogen and oxygen atoms in total. The summed E-state index contributed by atoms with van der Waals surface area (Å²) in [6.45, 7) is 2.15. The zero-order chi connectivity index (χ0) is 19.8. The number of methoxy groups -OCH3 is 1. The van der Waals surface area contributed by atoms with Crippen molar-refractivity contribution in [1.29, 1.82) is 0 Å². The molecule has 0 bridgehead atoms. The summed E-state index contributed by atoms with van der Waals surface area (Å²) in [5, 5.41) is 3.59. The number of aromatic nitrogens is 2. The first-order valence-corrected chi connectivity index (χ1v) is 10.0. The van der Waals surface area contributed by atoms with Crippen LogP contribution < -0.4 is 5.32 Å². The number of nitrogens with zero attached hydrogens (tertiary/aromatic N) is 2. The van der Waals surface area contributed by atoms with Crippen molar-refractivity contribution in [3.8, 4) is 0 Å². The van der Waals surface area contributed by atoms with E-state index in [1.165, 1.54) is 0 Å². The molecule has 148 valence electrons. The number of fused-ring (bicyclic) bond motifs is 1. The number of rotatable bonds is 10. The molecule has 0 radical (unpaired) electrons. The summed E-state index contributed by atoms with van der Waals surface area (Å²) in [6.07, 6.45) is 3.93. The topological polar surface area (TPSA) is 56.1 Å². The summed E-state index contributed by atoms with van der Waals surface area (Å²) < 4.78 is 7.50. The number of benzene rings is 2. The second-order valence-corrected chi connectivity index (χ2v) is 7.17. The highest BCUT2D eigenvalue weighted by Crippen LogP contribution is 2.18. The zero-order valence-electron chi connectivity index (χ0n) is 16.2. The van der Waals surface area contributed by atoms with Gasteiger partial charge in [-0.2, -0.15) is 0 Å². The van der Waals surface area contributed by atoms with Crippen LogP contribution in [0.25, 0.3) is 11.0 Å². The first-order chi connectivity index (χ1) is 13.7. The van der Waals surface area contributed by atoms with Crippen molar-refractivity contribution in [3.63, 3.8) is 0 Å². The van der Waals surface area contributed by atoms with Crippen molar-refractivity contribution in [2.24, 2.45) is 0 Å². The van der Waals surface area contributed by atoms with Crippen molar-refractivity contribution in [3.05, 3.63) is 64.9 Å². The van der Waals surface area contributed by atoms with Crippen LogP contribution in [0.1, 0.15) is 35.4 Å². The standard InChI is InChI=1S/C22H26ClN3O2/c1-28-16-15-26-20-8-5-4-7-19(20)25-21(26)9-3-2-6-14-24-22(27)17-10-12-18(23)13-11-17/h4-5,7-8,10-13H,2-3,6,9,14-16H2,1H3,(H,24,27). The normalized spacial score (nSPS) is 11.1. The van der Waals surface area contributed by atoms with Crippen LogP contribution in [-0.2, 0) is 17.7 Å². The smallest absolute Gasteiger partial charge is 0.251 e. The van der Waals surface area contributed by atoms with Crippen molar-refractivity contribution in [1.82, 2.24) is 14.9 Å². The van der Waals surface area contributed by atoms with Crippen molar-refractivity contribution >= 4 is 28.5 Å². The Morgan fingerprint density at radius 3 is 2.68 bits per heavy atom. The van der Waals surface area contributed by atoms with E-state index in [0.717, 1.165) is 49.1 Å². The monoisotopic (exact) mass is 399 g/mol. The maximum Gasteiger partial charge on any atom is 0.251 e. The summed E-state index contributed by atoms with van der Waals surface area (Å²) in [5.74, 6) is 1.04. The van der Waals surface area contributed by atoms with Crippen LogP contribution in [0.5, 0.6) is 0 Å². The molecular formula is C22H26ClN3O2. The number of imidazole rings is 1. The molecule has 0 unspecified atom stereocenters. The fraction of sp³-hybridized carbons (Fsp3) is 0.364. The average Bonchev–Trinajstić information content (AvgIpc) is 3.06. The van der Waals surface area contributed by atoms with Gasteiger partial charge in [-0.3, -0.25) is 4.79 Å². The molecule has 0 aliphatic rings. The number of aryl methyl sites for hydroxylation is 1. The predicted octanol–water partition coefficient (Wildman–Crippen LogP) is 4.48. The van der Waals surface area contributed by atoms with Gasteiger partial charge in [0.05, 0.1) is 17.6 Å². The highest BCUT2D eigenvalue weighted by molar-refractivity contribution is 6.30. The second-order valence-electron chi connectivity index (χ2n) is 6.73. The molecule has 0 spiro atoms. The third-order valence-electron chi connectivity index (χ3n) is 4.72. The van der Waals surface area contributed by atoms with Crippen LogP contribution in [-0.4, -0.2) is 35.7 Å². The molecule has 2 aromatic carbocycles. The van der Waals surface area contributed by atoms with Crippen LogP contribution in [0.2, 0.25) is 5.02 Å². The number of para-hydroxylation sites is 2. The van der Waals surface area contributed by atoms with Gasteiger partial charge >= 0.3 is 0 Å². The first kappa shape index (κ1) is 20.4. The molecule has 0 saturated heterocycles. The Morgan fingerprint density at radius 2 is 1.89 bits per heavy atom. The molecule has 1 N–H and O–H groups in total. The third-order valence-corrected chi connectivity index (χ3v) is 4.97. The number of ether oxygens (including phenoxy) is 1. The number of amides is 1. The van der Waals surface area contributed by atoms with E-state index in [2.05, 4.69) is 22.0 Å². The number of halogens is 1. The van der Waals surface area contributed by atoms with Crippen molar-refractivity contribution < 1.29 is 9.53 Å². The largest absolute Gasteiger partial charge is 0.383 e. The molecule has 0 aliphatic carbocycles. The minimum Gasteiger partial charge on any atom is -0.383 e. The number of carbonyl (C=O) groups excluding carboxylic acids is 1. The minimum absolute atomic E-state index is 0.0574. The molecule has 0 saturated carbocycles. The van der Waals surface area contributed by atoms with Gasteiger partial charge in [-0.1, -0.05) is 30.2 Å². The van der Waals surface area contributed by atoms with Gasteiger partial charge < -0.3 is 14.6 Å². The van der Waals surface area contributed by atoms with E-state index >= 15 is 0 Å². The lowest BCUT2D eigenvalue weighted by atomic mass is 10.1. The summed E-state index contributed by atoms with van der Waals surface area (Å²) in [5.41, 5.74) is 2.82. The van der Waals surface area contributed by atoms with Gasteiger partial charge in [0.1, 0.15) is 5.82 Å². The summed E-state index contributed by atoms with van der Waals surface area (Å²) >= 11 is 5.85. The molecule has 3 rings (SSSR count). The Kier molecular flexibility index (Phi) is 7.46. The molecule has 0 aliphatic heterocycles. The van der Waals surface area contributed by atoms with E-state index < -0.39 is 0 Å². The fourth-order valence-electron chi connectivity index (χ4n) is 3.24. The van der Waals surface area contributed by atoms with Crippen LogP contribution in [0, 0.1) is 0 Å². The lowest BCUT2D eigenvalue weighted by Crippen LogP contribution is -2.24. The molecule has 0 atom stereocenters. The number of unbranched alkanes of at least 4 members (excludes halogenated alkanes) is 2. The number of nitrogens with one attached hydrogen (secondary N) is 1. The van der Waals surface area contributed by atoms with Gasteiger partial charge in [0.2, 0.25) is 0 Å². The average molecular weight is 400 g/mol. The minimum atomic E-state index is -0.0574.